The van der Waals surface area contributed by atoms with Crippen LogP contribution in [0.4, 0.5) is 0 Å². The van der Waals surface area contributed by atoms with Gasteiger partial charge in [0.2, 0.25) is 0 Å². The Bertz CT molecular complexity index is 608. The van der Waals surface area contributed by atoms with Gasteiger partial charge in [0, 0.05) is 0 Å². The monoisotopic (exact) mass is 338 g/mol. The van der Waals surface area contributed by atoms with E-state index in [4.69, 9.17) is 4.74 Å². The first kappa shape index (κ1) is 14.0. The number of nitrogens with zero attached hydrogens (tertiary/aromatic N) is 4. The van der Waals surface area contributed by atoms with Gasteiger partial charge in [-0.15, -0.1) is 0 Å². The van der Waals surface area contributed by atoms with Gasteiger partial charge in [-0.3, -0.25) is 0 Å². The third kappa shape index (κ3) is 2.61. The van der Waals surface area contributed by atoms with Crippen LogP contribution in [-0.4, -0.2) is 67.8 Å². The fourth-order valence-electron chi connectivity index (χ4n) is 2.57. The number of hydrogen-bond acceptors (Lipinski definition) is 5. The zero-order valence-corrected chi connectivity index (χ0v) is 13.9. The summed E-state index contributed by atoms with van der Waals surface area (Å²) in [6.45, 7) is 5.95. The molecule has 0 aliphatic carbocycles. The third-order valence-corrected chi connectivity index (χ3v) is 4.60. The molecule has 1 aliphatic heterocycles. The Balaban J connectivity index is 2.02. The molecule has 3 heterocycles. The van der Waals surface area contributed by atoms with Crippen LogP contribution in [0.5, 0.6) is 0 Å². The van der Waals surface area contributed by atoms with Crippen LogP contribution in [0.3, 0.4) is 0 Å². The summed E-state index contributed by atoms with van der Waals surface area (Å²) >= 11 is 1.47. The Labute approximate surface area is 126 Å². The Morgan fingerprint density at radius 1 is 1.45 bits per heavy atom. The van der Waals surface area contributed by atoms with Gasteiger partial charge in [-0.1, -0.05) is 0 Å². The summed E-state index contributed by atoms with van der Waals surface area (Å²) in [5, 5.41) is 14.4. The molecule has 1 fully saturated rings. The van der Waals surface area contributed by atoms with E-state index < -0.39 is 6.10 Å². The standard InChI is InChI=1S/C13H19AsN4O2/c1-9(19)10-6-11-13(14)15-8-16-18(11)12(10)7-17-2-4-20-5-3-17/h6,8-9,19H,2-5,7,14H2,1H3. The van der Waals surface area contributed by atoms with Crippen LogP contribution in [0.15, 0.2) is 12.4 Å². The molecule has 0 amide bonds. The van der Waals surface area contributed by atoms with Crippen LogP contribution >= 0.6 is 0 Å². The van der Waals surface area contributed by atoms with Crippen molar-refractivity contribution < 1.29 is 9.84 Å². The van der Waals surface area contributed by atoms with Crippen LogP contribution in [0.1, 0.15) is 24.3 Å². The van der Waals surface area contributed by atoms with E-state index in [2.05, 4.69) is 15.0 Å². The van der Waals surface area contributed by atoms with Crippen molar-refractivity contribution in [2.24, 2.45) is 0 Å². The summed E-state index contributed by atoms with van der Waals surface area (Å²) < 4.78 is 8.29. The Morgan fingerprint density at radius 2 is 2.20 bits per heavy atom. The molecule has 108 valence electrons. The molecule has 6 nitrogen and oxygen atoms in total. The van der Waals surface area contributed by atoms with Gasteiger partial charge >= 0.3 is 126 Å². The van der Waals surface area contributed by atoms with Crippen molar-refractivity contribution in [3.63, 3.8) is 0 Å². The quantitative estimate of drug-likeness (QED) is 0.718. The van der Waals surface area contributed by atoms with Crippen LogP contribution < -0.4 is 4.48 Å². The van der Waals surface area contributed by atoms with Crippen molar-refractivity contribution >= 4 is 26.9 Å². The second kappa shape index (κ2) is 5.82. The first-order valence-electron chi connectivity index (χ1n) is 6.76. The molecule has 20 heavy (non-hydrogen) atoms. The number of aliphatic hydroxyl groups excluding tert-OH is 1. The van der Waals surface area contributed by atoms with E-state index in [-0.39, 0.29) is 0 Å². The van der Waals surface area contributed by atoms with Gasteiger partial charge in [-0.25, -0.2) is 0 Å². The molecule has 0 spiro atoms. The van der Waals surface area contributed by atoms with E-state index in [1.165, 1.54) is 16.9 Å². The normalized spacial score (nSPS) is 18.6. The van der Waals surface area contributed by atoms with E-state index >= 15 is 0 Å². The molecule has 2 atom stereocenters. The van der Waals surface area contributed by atoms with Crippen molar-refractivity contribution in [1.29, 1.82) is 0 Å². The van der Waals surface area contributed by atoms with Crippen molar-refractivity contribution in [2.45, 2.75) is 19.6 Å². The number of aliphatic hydroxyl groups is 1. The van der Waals surface area contributed by atoms with Crippen molar-refractivity contribution in [3.8, 4) is 0 Å². The van der Waals surface area contributed by atoms with E-state index in [9.17, 15) is 5.11 Å². The van der Waals surface area contributed by atoms with Gasteiger partial charge < -0.3 is 0 Å². The number of rotatable bonds is 3. The predicted molar refractivity (Wildman–Crippen MR) is 77.9 cm³/mol. The molecule has 2 unspecified atom stereocenters. The minimum atomic E-state index is -0.500. The molecule has 1 aliphatic rings. The topological polar surface area (TPSA) is 62.9 Å². The molecule has 7 heteroatoms. The Kier molecular flexibility index (Phi) is 4.08. The van der Waals surface area contributed by atoms with Crippen LogP contribution in [0.25, 0.3) is 5.52 Å². The molecule has 0 saturated carbocycles. The van der Waals surface area contributed by atoms with Gasteiger partial charge in [0.1, 0.15) is 0 Å². The number of aromatic nitrogens is 3. The molecule has 2 aromatic rings. The van der Waals surface area contributed by atoms with Gasteiger partial charge in [-0.05, 0) is 0 Å². The summed E-state index contributed by atoms with van der Waals surface area (Å²) in [5.74, 6) is 0. The van der Waals surface area contributed by atoms with Gasteiger partial charge in [0.15, 0.2) is 0 Å². The second-order valence-electron chi connectivity index (χ2n) is 5.05. The van der Waals surface area contributed by atoms with Crippen molar-refractivity contribution in [3.05, 3.63) is 23.7 Å². The maximum atomic E-state index is 10.0. The molecular formula is C13H19AsN4O2. The zero-order chi connectivity index (χ0) is 14.1. The molecule has 3 rings (SSSR count). The zero-order valence-electron chi connectivity index (χ0n) is 11.5. The molecule has 2 aromatic heterocycles. The fourth-order valence-corrected chi connectivity index (χ4v) is 3.14. The SMILES string of the molecule is CC(O)c1cc2c([AsH2])ncnn2c1CN1CCOCC1. The Hall–Kier alpha value is -0.942. The summed E-state index contributed by atoms with van der Waals surface area (Å²) in [7, 11) is 0. The number of fused-ring (bicyclic) bond motifs is 1. The summed E-state index contributed by atoms with van der Waals surface area (Å²) in [4.78, 5) is 6.58. The van der Waals surface area contributed by atoms with Gasteiger partial charge in [0.05, 0.1) is 0 Å². The van der Waals surface area contributed by atoms with Crippen LogP contribution in [-0.2, 0) is 11.3 Å². The van der Waals surface area contributed by atoms with E-state index in [1.807, 2.05) is 10.6 Å². The summed E-state index contributed by atoms with van der Waals surface area (Å²) in [6.07, 6.45) is 1.08. The van der Waals surface area contributed by atoms with E-state index in [1.54, 1.807) is 13.3 Å². The van der Waals surface area contributed by atoms with Gasteiger partial charge in [-0.2, -0.15) is 0 Å². The van der Waals surface area contributed by atoms with E-state index in [0.29, 0.717) is 0 Å². The van der Waals surface area contributed by atoms with E-state index in [0.717, 1.165) is 54.1 Å². The Morgan fingerprint density at radius 3 is 2.90 bits per heavy atom. The maximum absolute atomic E-state index is 10.0. The first-order chi connectivity index (χ1) is 9.66. The third-order valence-electron chi connectivity index (χ3n) is 3.66. The number of ether oxygens (including phenoxy) is 1. The van der Waals surface area contributed by atoms with Crippen molar-refractivity contribution in [2.75, 3.05) is 26.3 Å². The number of hydrogen-bond donors (Lipinski definition) is 1. The molecule has 1 N–H and O–H groups in total. The average Bonchev–Trinajstić information content (AvgIpc) is 2.81. The van der Waals surface area contributed by atoms with Crippen LogP contribution in [0, 0.1) is 0 Å². The molecule has 1 saturated heterocycles. The van der Waals surface area contributed by atoms with Crippen LogP contribution in [0.2, 0.25) is 0 Å². The molecule has 0 radical (unpaired) electrons. The molecule has 0 aromatic carbocycles. The average molecular weight is 338 g/mol. The summed E-state index contributed by atoms with van der Waals surface area (Å²) in [5.41, 5.74) is 2.99. The first-order valence-corrected chi connectivity index (χ1v) is 7.97. The second-order valence-corrected chi connectivity index (χ2v) is 6.20. The number of morpholine rings is 1. The van der Waals surface area contributed by atoms with Crippen molar-refractivity contribution in [1.82, 2.24) is 19.5 Å². The summed E-state index contributed by atoms with van der Waals surface area (Å²) in [6, 6.07) is 2.01. The fraction of sp³-hybridized carbons (Fsp3) is 0.538. The molecule has 0 bridgehead atoms. The predicted octanol–water partition coefficient (Wildman–Crippen LogP) is -1.13. The van der Waals surface area contributed by atoms with Gasteiger partial charge in [0.25, 0.3) is 0 Å². The molecular weight excluding hydrogens is 319 g/mol. The minimum absolute atomic E-state index is 0.500.